The van der Waals surface area contributed by atoms with Gasteiger partial charge < -0.3 is 14.3 Å². The third kappa shape index (κ3) is 3.15. The summed E-state index contributed by atoms with van der Waals surface area (Å²) in [5, 5.41) is 0.593. The van der Waals surface area contributed by atoms with Gasteiger partial charge in [0, 0.05) is 60.3 Å². The molecule has 0 amide bonds. The van der Waals surface area contributed by atoms with Gasteiger partial charge in [-0.05, 0) is 42.4 Å². The van der Waals surface area contributed by atoms with E-state index < -0.39 is 0 Å². The summed E-state index contributed by atoms with van der Waals surface area (Å²) >= 11 is 11.7. The van der Waals surface area contributed by atoms with Crippen LogP contribution in [0.3, 0.4) is 0 Å². The normalized spacial score (nSPS) is 26.4. The number of rotatable bonds is 4. The first-order valence-electron chi connectivity index (χ1n) is 9.16. The molecule has 0 unspecified atom stereocenters. The van der Waals surface area contributed by atoms with Gasteiger partial charge >= 0.3 is 0 Å². The van der Waals surface area contributed by atoms with Gasteiger partial charge in [0.1, 0.15) is 5.82 Å². The highest BCUT2D eigenvalue weighted by Crippen LogP contribution is 2.66. The number of benzene rings is 1. The van der Waals surface area contributed by atoms with Crippen molar-refractivity contribution in [3.05, 3.63) is 50.8 Å². The fourth-order valence-electron chi connectivity index (χ4n) is 4.76. The van der Waals surface area contributed by atoms with E-state index in [1.54, 1.807) is 12.1 Å². The summed E-state index contributed by atoms with van der Waals surface area (Å²) in [6, 6.07) is 4.89. The van der Waals surface area contributed by atoms with Crippen molar-refractivity contribution in [2.45, 2.75) is 30.7 Å². The van der Waals surface area contributed by atoms with Crippen LogP contribution in [0.4, 0.5) is 4.39 Å². The van der Waals surface area contributed by atoms with Gasteiger partial charge in [0.15, 0.2) is 4.77 Å². The molecule has 2 atom stereocenters. The third-order valence-electron chi connectivity index (χ3n) is 6.20. The second-order valence-corrected chi connectivity index (χ2v) is 8.44. The van der Waals surface area contributed by atoms with Crippen molar-refractivity contribution >= 4 is 36.2 Å². The van der Waals surface area contributed by atoms with Crippen LogP contribution in [0.25, 0.3) is 0 Å². The summed E-state index contributed by atoms with van der Waals surface area (Å²) in [6.07, 6.45) is 1.91. The molecule has 1 aromatic carbocycles. The van der Waals surface area contributed by atoms with Gasteiger partial charge in [0.2, 0.25) is 0 Å². The van der Waals surface area contributed by atoms with Crippen molar-refractivity contribution in [1.82, 2.24) is 14.5 Å². The molecule has 27 heavy (non-hydrogen) atoms. The number of halogens is 3. The maximum atomic E-state index is 14.5. The minimum Gasteiger partial charge on any atom is -0.379 e. The zero-order valence-corrected chi connectivity index (χ0v) is 17.2. The second-order valence-electron chi connectivity index (χ2n) is 7.62. The van der Waals surface area contributed by atoms with Crippen molar-refractivity contribution in [2.75, 3.05) is 32.8 Å². The molecule has 3 aliphatic rings. The Kier molecular flexibility index (Phi) is 5.14. The van der Waals surface area contributed by atoms with Crippen LogP contribution in [-0.4, -0.2) is 47.3 Å². The number of nitrogens with one attached hydrogen (secondary N) is 1. The van der Waals surface area contributed by atoms with Crippen LogP contribution in [0.2, 0.25) is 5.02 Å². The number of morpholine rings is 1. The highest BCUT2D eigenvalue weighted by atomic mass is 35.5. The number of nitrogens with zero attached hydrogens (tertiary/aromatic N) is 2. The van der Waals surface area contributed by atoms with E-state index in [-0.39, 0.29) is 23.6 Å². The molecule has 0 radical (unpaired) electrons. The van der Waals surface area contributed by atoms with Crippen LogP contribution < -0.4 is 0 Å². The Labute approximate surface area is 174 Å². The van der Waals surface area contributed by atoms with Crippen molar-refractivity contribution in [1.29, 1.82) is 0 Å². The van der Waals surface area contributed by atoms with E-state index in [1.807, 2.05) is 0 Å². The molecule has 3 heterocycles. The molecule has 1 N–H and O–H groups in total. The summed E-state index contributed by atoms with van der Waals surface area (Å²) < 4.78 is 22.8. The number of fused-ring (bicyclic) bond motifs is 3. The Morgan fingerprint density at radius 3 is 2.89 bits per heavy atom. The summed E-state index contributed by atoms with van der Waals surface area (Å²) in [7, 11) is 0. The Morgan fingerprint density at radius 2 is 2.11 bits per heavy atom. The SMILES string of the molecule is Cl.Fc1ccc(Cl)cc1[C@]12C[C@H]1c1c(CCN3CCOCC3)[nH]c(=S)n1C2. The Morgan fingerprint density at radius 1 is 1.33 bits per heavy atom. The highest BCUT2D eigenvalue weighted by Gasteiger charge is 2.63. The summed E-state index contributed by atoms with van der Waals surface area (Å²) in [4.78, 5) is 5.83. The molecular formula is C19H22Cl2FN3OS. The van der Waals surface area contributed by atoms with Gasteiger partial charge in [0.05, 0.1) is 13.2 Å². The maximum Gasteiger partial charge on any atom is 0.177 e. The van der Waals surface area contributed by atoms with E-state index in [2.05, 4.69) is 14.5 Å². The predicted octanol–water partition coefficient (Wildman–Crippen LogP) is 4.07. The number of H-pyrrole nitrogens is 1. The number of ether oxygens (including phenoxy) is 1. The van der Waals surface area contributed by atoms with Crippen molar-refractivity contribution in [3.63, 3.8) is 0 Å². The second kappa shape index (κ2) is 7.16. The maximum absolute atomic E-state index is 14.5. The summed E-state index contributed by atoms with van der Waals surface area (Å²) in [6.45, 7) is 5.33. The van der Waals surface area contributed by atoms with E-state index in [9.17, 15) is 4.39 Å². The largest absolute Gasteiger partial charge is 0.379 e. The minimum absolute atomic E-state index is 0. The van der Waals surface area contributed by atoms with E-state index in [0.717, 1.165) is 62.6 Å². The molecule has 8 heteroatoms. The van der Waals surface area contributed by atoms with Gasteiger partial charge in [-0.25, -0.2) is 4.39 Å². The van der Waals surface area contributed by atoms with Gasteiger partial charge in [-0.3, -0.25) is 4.90 Å². The van der Waals surface area contributed by atoms with Crippen LogP contribution in [0.15, 0.2) is 18.2 Å². The van der Waals surface area contributed by atoms with Gasteiger partial charge in [-0.1, -0.05) is 11.6 Å². The van der Waals surface area contributed by atoms with Crippen LogP contribution in [0.1, 0.15) is 29.3 Å². The van der Waals surface area contributed by atoms with E-state index in [4.69, 9.17) is 28.6 Å². The first-order valence-corrected chi connectivity index (χ1v) is 9.94. The molecule has 2 aromatic rings. The molecule has 5 rings (SSSR count). The number of aromatic nitrogens is 2. The van der Waals surface area contributed by atoms with Crippen molar-refractivity contribution in [2.24, 2.45) is 0 Å². The monoisotopic (exact) mass is 429 g/mol. The number of imidazole rings is 1. The molecule has 0 spiro atoms. The van der Waals surface area contributed by atoms with E-state index in [0.29, 0.717) is 10.9 Å². The Hall–Kier alpha value is -0.920. The molecule has 1 saturated carbocycles. The number of hydrogen-bond acceptors (Lipinski definition) is 3. The van der Waals surface area contributed by atoms with E-state index in [1.165, 1.54) is 17.5 Å². The minimum atomic E-state index is -0.166. The van der Waals surface area contributed by atoms with Crippen molar-refractivity contribution in [3.8, 4) is 0 Å². The zero-order chi connectivity index (χ0) is 17.9. The smallest absolute Gasteiger partial charge is 0.177 e. The number of aromatic amines is 1. The first kappa shape index (κ1) is 19.4. The summed E-state index contributed by atoms with van der Waals surface area (Å²) in [5.41, 5.74) is 3.07. The lowest BCUT2D eigenvalue weighted by Crippen LogP contribution is -2.37. The predicted molar refractivity (Wildman–Crippen MR) is 108 cm³/mol. The average molecular weight is 430 g/mol. The first-order chi connectivity index (χ1) is 12.6. The lowest BCUT2D eigenvalue weighted by molar-refractivity contribution is 0.0383. The quantitative estimate of drug-likeness (QED) is 0.743. The average Bonchev–Trinajstić information content (AvgIpc) is 3.14. The zero-order valence-electron chi connectivity index (χ0n) is 14.8. The van der Waals surface area contributed by atoms with Gasteiger partial charge in [-0.15, -0.1) is 12.4 Å². The van der Waals surface area contributed by atoms with Gasteiger partial charge in [-0.2, -0.15) is 0 Å². The fraction of sp³-hybridized carbons (Fsp3) is 0.526. The van der Waals surface area contributed by atoms with Crippen LogP contribution >= 0.6 is 36.2 Å². The Balaban J connectivity index is 0.00000180. The molecule has 1 aliphatic carbocycles. The number of hydrogen-bond donors (Lipinski definition) is 1. The molecular weight excluding hydrogens is 408 g/mol. The molecule has 1 aromatic heterocycles. The lowest BCUT2D eigenvalue weighted by Gasteiger charge is -2.26. The topological polar surface area (TPSA) is 33.2 Å². The highest BCUT2D eigenvalue weighted by molar-refractivity contribution is 7.71. The molecule has 0 bridgehead atoms. The molecule has 4 nitrogen and oxygen atoms in total. The molecule has 2 fully saturated rings. The van der Waals surface area contributed by atoms with Crippen molar-refractivity contribution < 1.29 is 9.13 Å². The standard InChI is InChI=1S/C19H21ClFN3OS.ClH/c20-12-1-2-15(21)13(9-12)19-10-14(19)17-16(22-18(26)24(17)11-19)3-4-23-5-7-25-8-6-23;/h1-2,9,14H,3-8,10-11H2,(H,22,26);1H/t14-,19+;/m0./s1. The lowest BCUT2D eigenvalue weighted by atomic mass is 9.93. The Bertz CT molecular complexity index is 924. The summed E-state index contributed by atoms with van der Waals surface area (Å²) in [5.74, 6) is 0.176. The van der Waals surface area contributed by atoms with Crippen LogP contribution in [0, 0.1) is 10.6 Å². The third-order valence-corrected chi connectivity index (χ3v) is 6.75. The van der Waals surface area contributed by atoms with Crippen LogP contribution in [-0.2, 0) is 23.1 Å². The fourth-order valence-corrected chi connectivity index (χ4v) is 5.21. The van der Waals surface area contributed by atoms with E-state index >= 15 is 0 Å². The van der Waals surface area contributed by atoms with Crippen LogP contribution in [0.5, 0.6) is 0 Å². The molecule has 1 saturated heterocycles. The molecule has 2 aliphatic heterocycles. The van der Waals surface area contributed by atoms with Gasteiger partial charge in [0.25, 0.3) is 0 Å². The molecule has 146 valence electrons.